The zero-order chi connectivity index (χ0) is 20.4. The summed E-state index contributed by atoms with van der Waals surface area (Å²) >= 11 is 1.50. The van der Waals surface area contributed by atoms with Crippen LogP contribution in [0.2, 0.25) is 0 Å². The first kappa shape index (κ1) is 19.4. The molecule has 7 heteroatoms. The van der Waals surface area contributed by atoms with Crippen molar-refractivity contribution in [3.8, 4) is 5.69 Å². The van der Waals surface area contributed by atoms with Crippen LogP contribution in [0.25, 0.3) is 5.69 Å². The summed E-state index contributed by atoms with van der Waals surface area (Å²) in [6, 6.07) is 11.4. The number of amides is 1. The van der Waals surface area contributed by atoms with Crippen LogP contribution in [0.3, 0.4) is 0 Å². The van der Waals surface area contributed by atoms with Gasteiger partial charge in [0.2, 0.25) is 0 Å². The van der Waals surface area contributed by atoms with E-state index in [2.05, 4.69) is 10.4 Å². The first-order valence-corrected chi connectivity index (χ1v) is 10.5. The number of carbonyl (C=O) groups excluding carboxylic acids is 2. The molecule has 1 aliphatic rings. The number of aryl methyl sites for hydroxylation is 1. The summed E-state index contributed by atoms with van der Waals surface area (Å²) < 4.78 is 6.72. The monoisotopic (exact) mass is 409 g/mol. The number of thiophene rings is 1. The van der Waals surface area contributed by atoms with E-state index < -0.39 is 6.04 Å². The van der Waals surface area contributed by atoms with Gasteiger partial charge in [0.1, 0.15) is 0 Å². The van der Waals surface area contributed by atoms with Gasteiger partial charge in [-0.2, -0.15) is 5.10 Å². The molecule has 0 aliphatic heterocycles. The van der Waals surface area contributed by atoms with E-state index in [1.807, 2.05) is 53.4 Å². The van der Waals surface area contributed by atoms with Crippen molar-refractivity contribution >= 4 is 23.2 Å². The number of rotatable bonds is 6. The molecule has 150 valence electrons. The molecule has 2 heterocycles. The van der Waals surface area contributed by atoms with Crippen molar-refractivity contribution in [3.05, 3.63) is 69.2 Å². The molecular weight excluding hydrogens is 386 g/mol. The zero-order valence-corrected chi connectivity index (χ0v) is 17.3. The number of nitrogens with one attached hydrogen (secondary N) is 1. The van der Waals surface area contributed by atoms with E-state index in [1.165, 1.54) is 18.4 Å². The SMILES string of the molecule is COC(=O)CC(NC(=O)c1nn(-c2ccccc2C)c2c1CCC2)c1cccs1. The highest BCUT2D eigenvalue weighted by Gasteiger charge is 2.29. The number of fused-ring (bicyclic) bond motifs is 1. The van der Waals surface area contributed by atoms with Crippen LogP contribution in [-0.2, 0) is 22.4 Å². The molecule has 0 bridgehead atoms. The van der Waals surface area contributed by atoms with E-state index >= 15 is 0 Å². The molecule has 0 saturated carbocycles. The Labute approximate surface area is 173 Å². The molecule has 2 aromatic heterocycles. The molecule has 0 saturated heterocycles. The zero-order valence-electron chi connectivity index (χ0n) is 16.5. The molecule has 1 aliphatic carbocycles. The lowest BCUT2D eigenvalue weighted by Gasteiger charge is -2.16. The smallest absolute Gasteiger partial charge is 0.307 e. The maximum absolute atomic E-state index is 13.2. The van der Waals surface area contributed by atoms with Gasteiger partial charge in [-0.15, -0.1) is 11.3 Å². The number of hydrogen-bond donors (Lipinski definition) is 1. The maximum atomic E-state index is 13.2. The summed E-state index contributed by atoms with van der Waals surface area (Å²) in [6.45, 7) is 2.04. The predicted molar refractivity (Wildman–Crippen MR) is 111 cm³/mol. The molecule has 1 atom stereocenters. The van der Waals surface area contributed by atoms with Crippen molar-refractivity contribution in [1.29, 1.82) is 0 Å². The van der Waals surface area contributed by atoms with Gasteiger partial charge in [0.15, 0.2) is 5.69 Å². The number of para-hydroxylation sites is 1. The van der Waals surface area contributed by atoms with Crippen molar-refractivity contribution in [2.45, 2.75) is 38.6 Å². The van der Waals surface area contributed by atoms with Gasteiger partial charge in [-0.1, -0.05) is 24.3 Å². The quantitative estimate of drug-likeness (QED) is 0.629. The van der Waals surface area contributed by atoms with E-state index in [-0.39, 0.29) is 18.3 Å². The Kier molecular flexibility index (Phi) is 5.49. The summed E-state index contributed by atoms with van der Waals surface area (Å²) in [4.78, 5) is 26.0. The van der Waals surface area contributed by atoms with Gasteiger partial charge < -0.3 is 10.1 Å². The molecule has 1 aromatic carbocycles. The minimum absolute atomic E-state index is 0.0868. The second-order valence-corrected chi connectivity index (χ2v) is 8.13. The molecule has 0 fully saturated rings. The third-order valence-corrected chi connectivity index (χ3v) is 6.27. The predicted octanol–water partition coefficient (Wildman–Crippen LogP) is 3.77. The molecule has 1 unspecified atom stereocenters. The number of benzene rings is 1. The van der Waals surface area contributed by atoms with Gasteiger partial charge in [0.25, 0.3) is 5.91 Å². The fourth-order valence-electron chi connectivity index (χ4n) is 3.81. The minimum Gasteiger partial charge on any atom is -0.469 e. The number of carbonyl (C=O) groups is 2. The number of methoxy groups -OCH3 is 1. The third kappa shape index (κ3) is 3.82. The Hall–Kier alpha value is -2.93. The van der Waals surface area contributed by atoms with Crippen LogP contribution in [0, 0.1) is 6.92 Å². The Morgan fingerprint density at radius 2 is 2.07 bits per heavy atom. The number of esters is 1. The number of ether oxygens (including phenoxy) is 1. The van der Waals surface area contributed by atoms with Crippen molar-refractivity contribution in [3.63, 3.8) is 0 Å². The molecule has 0 spiro atoms. The first-order valence-electron chi connectivity index (χ1n) is 9.66. The second-order valence-electron chi connectivity index (χ2n) is 7.15. The summed E-state index contributed by atoms with van der Waals surface area (Å²) in [6.07, 6.45) is 2.84. The van der Waals surface area contributed by atoms with E-state index in [0.29, 0.717) is 5.69 Å². The van der Waals surface area contributed by atoms with Crippen LogP contribution in [0.4, 0.5) is 0 Å². The van der Waals surface area contributed by atoms with Crippen molar-refractivity contribution < 1.29 is 14.3 Å². The van der Waals surface area contributed by atoms with Gasteiger partial charge in [0, 0.05) is 16.1 Å². The normalized spacial score (nSPS) is 13.7. The molecule has 1 N–H and O–H groups in total. The first-order chi connectivity index (χ1) is 14.1. The summed E-state index contributed by atoms with van der Waals surface area (Å²) in [5.41, 5.74) is 4.67. The lowest BCUT2D eigenvalue weighted by atomic mass is 10.1. The van der Waals surface area contributed by atoms with Gasteiger partial charge in [-0.05, 0) is 49.3 Å². The Morgan fingerprint density at radius 3 is 2.79 bits per heavy atom. The van der Waals surface area contributed by atoms with Crippen molar-refractivity contribution in [2.24, 2.45) is 0 Å². The van der Waals surface area contributed by atoms with Crippen LogP contribution < -0.4 is 5.32 Å². The van der Waals surface area contributed by atoms with Gasteiger partial charge in [-0.25, -0.2) is 4.68 Å². The largest absolute Gasteiger partial charge is 0.469 e. The highest BCUT2D eigenvalue weighted by atomic mass is 32.1. The van der Waals surface area contributed by atoms with Crippen LogP contribution in [0.15, 0.2) is 41.8 Å². The van der Waals surface area contributed by atoms with E-state index in [0.717, 1.165) is 46.6 Å². The third-order valence-electron chi connectivity index (χ3n) is 5.28. The Bertz CT molecular complexity index is 1040. The average Bonchev–Trinajstić information content (AvgIpc) is 3.45. The lowest BCUT2D eigenvalue weighted by Crippen LogP contribution is -2.31. The summed E-state index contributed by atoms with van der Waals surface area (Å²) in [5, 5.41) is 9.62. The van der Waals surface area contributed by atoms with Crippen LogP contribution >= 0.6 is 11.3 Å². The Morgan fingerprint density at radius 1 is 1.24 bits per heavy atom. The fraction of sp³-hybridized carbons (Fsp3) is 0.318. The van der Waals surface area contributed by atoms with Gasteiger partial charge in [-0.3, -0.25) is 9.59 Å². The van der Waals surface area contributed by atoms with Crippen LogP contribution in [-0.4, -0.2) is 28.8 Å². The highest BCUT2D eigenvalue weighted by molar-refractivity contribution is 7.10. The van der Waals surface area contributed by atoms with E-state index in [4.69, 9.17) is 4.74 Å². The molecule has 3 aromatic rings. The number of nitrogens with zero attached hydrogens (tertiary/aromatic N) is 2. The minimum atomic E-state index is -0.435. The topological polar surface area (TPSA) is 73.2 Å². The fourth-order valence-corrected chi connectivity index (χ4v) is 4.59. The molecule has 29 heavy (non-hydrogen) atoms. The number of hydrogen-bond acceptors (Lipinski definition) is 5. The average molecular weight is 410 g/mol. The molecule has 6 nitrogen and oxygen atoms in total. The molecule has 1 amide bonds. The lowest BCUT2D eigenvalue weighted by molar-refractivity contribution is -0.141. The van der Waals surface area contributed by atoms with Crippen LogP contribution in [0.1, 0.15) is 51.1 Å². The summed E-state index contributed by atoms with van der Waals surface area (Å²) in [5.74, 6) is -0.614. The number of aromatic nitrogens is 2. The van der Waals surface area contributed by atoms with E-state index in [1.54, 1.807) is 0 Å². The standard InChI is InChI=1S/C22H23N3O3S/c1-14-7-3-4-9-17(14)25-18-10-5-8-15(18)21(24-25)22(27)23-16(13-20(26)28-2)19-11-6-12-29-19/h3-4,6-7,9,11-12,16H,5,8,10,13H2,1-2H3,(H,23,27). The van der Waals surface area contributed by atoms with E-state index in [9.17, 15) is 9.59 Å². The van der Waals surface area contributed by atoms with Crippen molar-refractivity contribution in [2.75, 3.05) is 7.11 Å². The Balaban J connectivity index is 1.66. The second kappa shape index (κ2) is 8.21. The maximum Gasteiger partial charge on any atom is 0.307 e. The van der Waals surface area contributed by atoms with Crippen molar-refractivity contribution in [1.82, 2.24) is 15.1 Å². The molecular formula is C22H23N3O3S. The van der Waals surface area contributed by atoms with Crippen LogP contribution in [0.5, 0.6) is 0 Å². The van der Waals surface area contributed by atoms with Gasteiger partial charge in [0.05, 0.1) is 25.3 Å². The highest BCUT2D eigenvalue weighted by Crippen LogP contribution is 2.30. The molecule has 0 radical (unpaired) electrons. The summed E-state index contributed by atoms with van der Waals surface area (Å²) in [7, 11) is 1.35. The molecule has 4 rings (SSSR count). The van der Waals surface area contributed by atoms with Gasteiger partial charge >= 0.3 is 5.97 Å².